The molecule has 108 valence electrons. The summed E-state index contributed by atoms with van der Waals surface area (Å²) in [5.41, 5.74) is -0.0233. The zero-order valence-corrected chi connectivity index (χ0v) is 12.3. The van der Waals surface area contributed by atoms with Gasteiger partial charge >= 0.3 is 5.97 Å². The number of thiazole rings is 1. The van der Waals surface area contributed by atoms with E-state index >= 15 is 0 Å². The van der Waals surface area contributed by atoms with Gasteiger partial charge in [0.25, 0.3) is 0 Å². The van der Waals surface area contributed by atoms with Crippen LogP contribution in [0.5, 0.6) is 0 Å². The standard InChI is InChI=1S/C12H14N2O4S2/c15-10(16)5-12(1-2-12)8-20(17,18)7-9-6-14-3-4-19-11(14)13-9/h3-4,6H,1-2,5,7-8H2,(H,15,16). The molecule has 2 aromatic rings. The number of carbonyl (C=O) groups is 1. The summed E-state index contributed by atoms with van der Waals surface area (Å²) in [4.78, 5) is 15.8. The summed E-state index contributed by atoms with van der Waals surface area (Å²) < 4.78 is 26.2. The number of fused-ring (bicyclic) bond motifs is 1. The van der Waals surface area contributed by atoms with Crippen molar-refractivity contribution in [2.24, 2.45) is 5.41 Å². The van der Waals surface area contributed by atoms with Gasteiger partial charge in [-0.25, -0.2) is 13.4 Å². The van der Waals surface area contributed by atoms with Crippen LogP contribution >= 0.6 is 11.3 Å². The summed E-state index contributed by atoms with van der Waals surface area (Å²) in [6, 6.07) is 0. The highest BCUT2D eigenvalue weighted by Gasteiger charge is 2.47. The van der Waals surface area contributed by atoms with Gasteiger partial charge in [-0.3, -0.25) is 9.20 Å². The molecule has 8 heteroatoms. The molecular formula is C12H14N2O4S2. The Morgan fingerprint density at radius 3 is 2.85 bits per heavy atom. The van der Waals surface area contributed by atoms with Crippen LogP contribution < -0.4 is 0 Å². The Labute approximate surface area is 120 Å². The topological polar surface area (TPSA) is 88.7 Å². The number of imidazole rings is 1. The fourth-order valence-electron chi connectivity index (χ4n) is 2.46. The lowest BCUT2D eigenvalue weighted by Crippen LogP contribution is -2.21. The molecular weight excluding hydrogens is 300 g/mol. The van der Waals surface area contributed by atoms with Gasteiger partial charge < -0.3 is 5.11 Å². The highest BCUT2D eigenvalue weighted by Crippen LogP contribution is 2.50. The molecule has 0 aromatic carbocycles. The van der Waals surface area contributed by atoms with Gasteiger partial charge in [-0.2, -0.15) is 0 Å². The molecule has 6 nitrogen and oxygen atoms in total. The van der Waals surface area contributed by atoms with Crippen LogP contribution in [0.4, 0.5) is 0 Å². The molecule has 0 amide bonds. The predicted octanol–water partition coefficient (Wildman–Crippen LogP) is 1.57. The molecule has 0 atom stereocenters. The quantitative estimate of drug-likeness (QED) is 0.874. The van der Waals surface area contributed by atoms with Crippen molar-refractivity contribution in [1.82, 2.24) is 9.38 Å². The molecule has 0 spiro atoms. The second-order valence-corrected chi connectivity index (χ2v) is 8.37. The fraction of sp³-hybridized carbons (Fsp3) is 0.500. The first kappa shape index (κ1) is 13.6. The van der Waals surface area contributed by atoms with Crippen molar-refractivity contribution in [3.63, 3.8) is 0 Å². The van der Waals surface area contributed by atoms with Gasteiger partial charge in [-0.15, -0.1) is 11.3 Å². The second kappa shape index (κ2) is 4.56. The molecule has 1 fully saturated rings. The minimum Gasteiger partial charge on any atom is -0.481 e. The number of aliphatic carboxylic acids is 1. The number of carboxylic acids is 1. The molecule has 0 unspecified atom stereocenters. The van der Waals surface area contributed by atoms with Gasteiger partial charge in [0.1, 0.15) is 0 Å². The van der Waals surface area contributed by atoms with Crippen molar-refractivity contribution >= 4 is 32.1 Å². The van der Waals surface area contributed by atoms with Gasteiger partial charge in [-0.05, 0) is 18.3 Å². The number of hydrogen-bond acceptors (Lipinski definition) is 5. The summed E-state index contributed by atoms with van der Waals surface area (Å²) in [6.07, 6.45) is 4.83. The first-order valence-corrected chi connectivity index (χ1v) is 8.91. The maximum atomic E-state index is 12.2. The summed E-state index contributed by atoms with van der Waals surface area (Å²) >= 11 is 1.45. The minimum atomic E-state index is -3.34. The molecule has 1 saturated carbocycles. The van der Waals surface area contributed by atoms with Gasteiger partial charge in [0, 0.05) is 17.8 Å². The molecule has 2 heterocycles. The van der Waals surface area contributed by atoms with Crippen LogP contribution in [0, 0.1) is 5.41 Å². The first-order valence-electron chi connectivity index (χ1n) is 6.21. The largest absolute Gasteiger partial charge is 0.481 e. The number of aromatic nitrogens is 2. The number of carboxylic acid groups (broad SMARTS) is 1. The van der Waals surface area contributed by atoms with Crippen molar-refractivity contribution in [1.29, 1.82) is 0 Å². The smallest absolute Gasteiger partial charge is 0.303 e. The van der Waals surface area contributed by atoms with Gasteiger partial charge in [0.05, 0.1) is 23.6 Å². The van der Waals surface area contributed by atoms with Gasteiger partial charge in [0.15, 0.2) is 14.8 Å². The fourth-order valence-corrected chi connectivity index (χ4v) is 5.19. The van der Waals surface area contributed by atoms with E-state index in [2.05, 4.69) is 4.98 Å². The maximum absolute atomic E-state index is 12.2. The van der Waals surface area contributed by atoms with Gasteiger partial charge in [0.2, 0.25) is 0 Å². The van der Waals surface area contributed by atoms with Crippen molar-refractivity contribution < 1.29 is 18.3 Å². The summed E-state index contributed by atoms with van der Waals surface area (Å²) in [5.74, 6) is -1.11. The molecule has 1 aliphatic carbocycles. The average molecular weight is 314 g/mol. The zero-order valence-electron chi connectivity index (χ0n) is 10.7. The number of nitrogens with zero attached hydrogens (tertiary/aromatic N) is 2. The molecule has 3 rings (SSSR count). The molecule has 0 saturated heterocycles. The van der Waals surface area contributed by atoms with Crippen LogP contribution in [-0.4, -0.2) is 34.6 Å². The molecule has 1 aliphatic rings. The highest BCUT2D eigenvalue weighted by molar-refractivity contribution is 7.90. The molecule has 0 aliphatic heterocycles. The maximum Gasteiger partial charge on any atom is 0.303 e. The van der Waals surface area contributed by atoms with Gasteiger partial charge in [-0.1, -0.05) is 0 Å². The Kier molecular flexibility index (Phi) is 3.09. The van der Waals surface area contributed by atoms with Crippen LogP contribution in [0.3, 0.4) is 0 Å². The lowest BCUT2D eigenvalue weighted by molar-refractivity contribution is -0.138. The van der Waals surface area contributed by atoms with E-state index in [1.54, 1.807) is 10.6 Å². The highest BCUT2D eigenvalue weighted by atomic mass is 32.2. The van der Waals surface area contributed by atoms with Crippen LogP contribution in [-0.2, 0) is 20.4 Å². The van der Waals surface area contributed by atoms with Crippen molar-refractivity contribution in [2.75, 3.05) is 5.75 Å². The Morgan fingerprint density at radius 1 is 1.50 bits per heavy atom. The minimum absolute atomic E-state index is 0.0581. The third kappa shape index (κ3) is 2.85. The molecule has 0 bridgehead atoms. The number of hydrogen-bond donors (Lipinski definition) is 1. The van der Waals surface area contributed by atoms with Crippen molar-refractivity contribution in [3.05, 3.63) is 23.5 Å². The Morgan fingerprint density at radius 2 is 2.25 bits per heavy atom. The SMILES string of the molecule is O=C(O)CC1(CS(=O)(=O)Cc2cn3ccsc3n2)CC1. The number of rotatable bonds is 6. The molecule has 0 radical (unpaired) electrons. The predicted molar refractivity (Wildman–Crippen MR) is 74.5 cm³/mol. The lowest BCUT2D eigenvalue weighted by atomic mass is 10.1. The third-order valence-corrected chi connectivity index (χ3v) is 6.08. The summed E-state index contributed by atoms with van der Waals surface area (Å²) in [6.45, 7) is 0. The normalized spacial score (nSPS) is 17.4. The van der Waals surface area contributed by atoms with E-state index in [1.165, 1.54) is 11.3 Å². The molecule has 1 N–H and O–H groups in total. The van der Waals surface area contributed by atoms with Crippen LogP contribution in [0.15, 0.2) is 17.8 Å². The van der Waals surface area contributed by atoms with E-state index in [0.29, 0.717) is 18.5 Å². The third-order valence-electron chi connectivity index (χ3n) is 3.52. The van der Waals surface area contributed by atoms with E-state index in [-0.39, 0.29) is 17.9 Å². The van der Waals surface area contributed by atoms with E-state index in [1.807, 2.05) is 11.6 Å². The average Bonchev–Trinajstić information content (AvgIpc) is 2.72. The molecule has 20 heavy (non-hydrogen) atoms. The second-order valence-electron chi connectivity index (χ2n) is 5.43. The Hall–Kier alpha value is -1.41. The van der Waals surface area contributed by atoms with E-state index in [4.69, 9.17) is 5.11 Å². The summed E-state index contributed by atoms with van der Waals surface area (Å²) in [7, 11) is -3.34. The first-order chi connectivity index (χ1) is 9.38. The number of sulfone groups is 1. The van der Waals surface area contributed by atoms with Crippen LogP contribution in [0.2, 0.25) is 0 Å². The van der Waals surface area contributed by atoms with Crippen LogP contribution in [0.1, 0.15) is 25.0 Å². The van der Waals surface area contributed by atoms with E-state index in [9.17, 15) is 13.2 Å². The van der Waals surface area contributed by atoms with E-state index in [0.717, 1.165) is 4.96 Å². The Balaban J connectivity index is 1.72. The van der Waals surface area contributed by atoms with Crippen LogP contribution in [0.25, 0.3) is 4.96 Å². The van der Waals surface area contributed by atoms with Crippen molar-refractivity contribution in [3.8, 4) is 0 Å². The lowest BCUT2D eigenvalue weighted by Gasteiger charge is -2.11. The van der Waals surface area contributed by atoms with E-state index < -0.39 is 21.2 Å². The zero-order chi connectivity index (χ0) is 14.4. The summed E-state index contributed by atoms with van der Waals surface area (Å²) in [5, 5.41) is 10.7. The van der Waals surface area contributed by atoms with Crippen molar-refractivity contribution in [2.45, 2.75) is 25.0 Å². The Bertz CT molecular complexity index is 727. The monoisotopic (exact) mass is 314 g/mol. The molecule has 2 aromatic heterocycles.